The van der Waals surface area contributed by atoms with E-state index in [2.05, 4.69) is 27.6 Å². The molecule has 2 aliphatic rings. The van der Waals surface area contributed by atoms with Gasteiger partial charge in [-0.25, -0.2) is 4.68 Å². The molecule has 9 heteroatoms. The molecule has 1 atom stereocenters. The summed E-state index contributed by atoms with van der Waals surface area (Å²) in [7, 11) is 2.23. The van der Waals surface area contributed by atoms with E-state index in [1.807, 2.05) is 35.9 Å². The Bertz CT molecular complexity index is 1140. The van der Waals surface area contributed by atoms with Gasteiger partial charge in [0, 0.05) is 10.9 Å². The summed E-state index contributed by atoms with van der Waals surface area (Å²) in [6, 6.07) is 7.96. The van der Waals surface area contributed by atoms with E-state index in [0.717, 1.165) is 67.1 Å². The predicted octanol–water partition coefficient (Wildman–Crippen LogP) is -0.0789. The van der Waals surface area contributed by atoms with Crippen LogP contribution in [0.3, 0.4) is 0 Å². The minimum Gasteiger partial charge on any atom is -0.494 e. The number of aromatic amines is 1. The molecule has 1 aromatic carbocycles. The molecule has 0 spiro atoms. The van der Waals surface area contributed by atoms with E-state index in [9.17, 15) is 4.79 Å². The lowest BCUT2D eigenvalue weighted by Gasteiger charge is -2.33. The van der Waals surface area contributed by atoms with Gasteiger partial charge in [0.05, 0.1) is 25.3 Å². The van der Waals surface area contributed by atoms with Crippen molar-refractivity contribution in [2.24, 2.45) is 0 Å². The molecule has 33 heavy (non-hydrogen) atoms. The third-order valence-corrected chi connectivity index (χ3v) is 7.32. The topological polar surface area (TPSA) is 94.6 Å². The van der Waals surface area contributed by atoms with Crippen LogP contribution in [0.1, 0.15) is 62.5 Å². The fourth-order valence-corrected chi connectivity index (χ4v) is 5.48. The van der Waals surface area contributed by atoms with Gasteiger partial charge in [0.1, 0.15) is 31.9 Å². The molecule has 1 aliphatic heterocycles. The van der Waals surface area contributed by atoms with Crippen LogP contribution in [0.25, 0.3) is 10.9 Å². The molecule has 5 rings (SSSR count). The summed E-state index contributed by atoms with van der Waals surface area (Å²) in [5.74, 6) is 1.63. The molecule has 9 nitrogen and oxygen atoms in total. The number of quaternary nitrogens is 2. The Kier molecular flexibility index (Phi) is 6.41. The van der Waals surface area contributed by atoms with Gasteiger partial charge in [-0.1, -0.05) is 19.3 Å². The van der Waals surface area contributed by atoms with Crippen molar-refractivity contribution in [3.8, 4) is 5.75 Å². The summed E-state index contributed by atoms with van der Waals surface area (Å²) in [5, 5.41) is 14.0. The number of fused-ring (bicyclic) bond motifs is 1. The SMILES string of the molecule is CCOc1ccc2[nH]c(=O)c([C@@H](c3nnnn3C3CCCCC3)[NH+]3CC[NH+](C)CC3)cc2c1. The molecule has 1 saturated carbocycles. The maximum atomic E-state index is 13.4. The second-order valence-corrected chi connectivity index (χ2v) is 9.56. The van der Waals surface area contributed by atoms with Gasteiger partial charge in [0.2, 0.25) is 5.82 Å². The lowest BCUT2D eigenvalue weighted by Crippen LogP contribution is -3.27. The molecular weight excluding hydrogens is 418 g/mol. The quantitative estimate of drug-likeness (QED) is 0.486. The van der Waals surface area contributed by atoms with Gasteiger partial charge in [-0.2, -0.15) is 0 Å². The summed E-state index contributed by atoms with van der Waals surface area (Å²) in [5.41, 5.74) is 1.49. The lowest BCUT2D eigenvalue weighted by molar-refractivity contribution is -1.02. The third-order valence-electron chi connectivity index (χ3n) is 7.32. The van der Waals surface area contributed by atoms with E-state index >= 15 is 0 Å². The van der Waals surface area contributed by atoms with Crippen LogP contribution in [0.4, 0.5) is 0 Å². The molecule has 0 amide bonds. The van der Waals surface area contributed by atoms with Gasteiger partial charge < -0.3 is 19.5 Å². The fourth-order valence-electron chi connectivity index (χ4n) is 5.48. The number of likely N-dealkylation sites (N-methyl/N-ethyl adjacent to an activating group) is 1. The van der Waals surface area contributed by atoms with E-state index in [1.165, 1.54) is 29.1 Å². The number of pyridine rings is 1. The van der Waals surface area contributed by atoms with Crippen molar-refractivity contribution in [3.63, 3.8) is 0 Å². The highest BCUT2D eigenvalue weighted by Crippen LogP contribution is 2.30. The monoisotopic (exact) mass is 453 g/mol. The number of ether oxygens (including phenoxy) is 1. The van der Waals surface area contributed by atoms with Crippen LogP contribution in [0.2, 0.25) is 0 Å². The van der Waals surface area contributed by atoms with E-state index in [-0.39, 0.29) is 11.6 Å². The van der Waals surface area contributed by atoms with Gasteiger partial charge in [-0.3, -0.25) is 4.79 Å². The van der Waals surface area contributed by atoms with Gasteiger partial charge in [0.25, 0.3) is 5.56 Å². The van der Waals surface area contributed by atoms with Gasteiger partial charge in [0.15, 0.2) is 6.04 Å². The zero-order valence-corrected chi connectivity index (χ0v) is 19.6. The summed E-state index contributed by atoms with van der Waals surface area (Å²) in [6.45, 7) is 6.67. The fraction of sp³-hybridized carbons (Fsp3) is 0.583. The first-order valence-corrected chi connectivity index (χ1v) is 12.4. The van der Waals surface area contributed by atoms with Crippen molar-refractivity contribution in [3.05, 3.63) is 46.0 Å². The Morgan fingerprint density at radius 1 is 1.15 bits per heavy atom. The van der Waals surface area contributed by atoms with Gasteiger partial charge >= 0.3 is 0 Å². The number of piperazine rings is 1. The first kappa shape index (κ1) is 22.0. The van der Waals surface area contributed by atoms with E-state index in [0.29, 0.717) is 12.6 Å². The van der Waals surface area contributed by atoms with Crippen molar-refractivity contribution >= 4 is 10.9 Å². The van der Waals surface area contributed by atoms with Crippen LogP contribution >= 0.6 is 0 Å². The van der Waals surface area contributed by atoms with Crippen molar-refractivity contribution in [2.75, 3.05) is 39.8 Å². The maximum absolute atomic E-state index is 13.4. The zero-order valence-electron chi connectivity index (χ0n) is 19.6. The largest absolute Gasteiger partial charge is 0.494 e. The van der Waals surface area contributed by atoms with Crippen LogP contribution in [-0.4, -0.2) is 65.0 Å². The van der Waals surface area contributed by atoms with Crippen LogP contribution in [0.5, 0.6) is 5.75 Å². The van der Waals surface area contributed by atoms with E-state index in [4.69, 9.17) is 4.74 Å². The van der Waals surface area contributed by atoms with Gasteiger partial charge in [-0.15, -0.1) is 5.10 Å². The molecule has 3 heterocycles. The lowest BCUT2D eigenvalue weighted by atomic mass is 9.95. The number of H-pyrrole nitrogens is 1. The highest BCUT2D eigenvalue weighted by atomic mass is 16.5. The number of hydrogen-bond donors (Lipinski definition) is 3. The average Bonchev–Trinajstić information content (AvgIpc) is 3.31. The molecule has 0 bridgehead atoms. The van der Waals surface area contributed by atoms with Crippen LogP contribution < -0.4 is 20.1 Å². The second-order valence-electron chi connectivity index (χ2n) is 9.56. The number of hydrogen-bond acceptors (Lipinski definition) is 5. The molecule has 3 N–H and O–H groups in total. The molecule has 1 saturated heterocycles. The minimum absolute atomic E-state index is 0.0615. The molecule has 176 valence electrons. The Hall–Kier alpha value is -2.78. The zero-order chi connectivity index (χ0) is 22.8. The Labute approximate surface area is 193 Å². The van der Waals surface area contributed by atoms with Crippen molar-refractivity contribution in [1.82, 2.24) is 25.2 Å². The molecule has 0 radical (unpaired) electrons. The normalized spacial score (nSPS) is 23.0. The third kappa shape index (κ3) is 4.52. The van der Waals surface area contributed by atoms with Crippen molar-refractivity contribution < 1.29 is 14.5 Å². The van der Waals surface area contributed by atoms with Crippen LogP contribution in [0, 0.1) is 0 Å². The Morgan fingerprint density at radius 3 is 2.70 bits per heavy atom. The maximum Gasteiger partial charge on any atom is 0.258 e. The van der Waals surface area contributed by atoms with Crippen molar-refractivity contribution in [2.45, 2.75) is 51.1 Å². The molecule has 3 aromatic rings. The van der Waals surface area contributed by atoms with Gasteiger partial charge in [-0.05, 0) is 54.5 Å². The number of tetrazole rings is 1. The summed E-state index contributed by atoms with van der Waals surface area (Å²) in [6.07, 6.45) is 5.88. The van der Waals surface area contributed by atoms with Crippen LogP contribution in [-0.2, 0) is 0 Å². The predicted molar refractivity (Wildman–Crippen MR) is 125 cm³/mol. The smallest absolute Gasteiger partial charge is 0.258 e. The summed E-state index contributed by atoms with van der Waals surface area (Å²) < 4.78 is 7.74. The average molecular weight is 454 g/mol. The Morgan fingerprint density at radius 2 is 1.94 bits per heavy atom. The number of rotatable bonds is 6. The number of nitrogens with zero attached hydrogens (tertiary/aromatic N) is 4. The van der Waals surface area contributed by atoms with E-state index < -0.39 is 0 Å². The number of aromatic nitrogens is 5. The highest BCUT2D eigenvalue weighted by Gasteiger charge is 2.38. The molecular formula is C24H35N7O2+2. The highest BCUT2D eigenvalue weighted by molar-refractivity contribution is 5.80. The molecule has 1 aliphatic carbocycles. The first-order valence-electron chi connectivity index (χ1n) is 12.4. The second kappa shape index (κ2) is 9.61. The molecule has 2 fully saturated rings. The summed E-state index contributed by atoms with van der Waals surface area (Å²) >= 11 is 0. The minimum atomic E-state index is -0.195. The van der Waals surface area contributed by atoms with E-state index in [1.54, 1.807) is 0 Å². The Balaban J connectivity index is 1.61. The molecule has 0 unspecified atom stereocenters. The molecule has 2 aromatic heterocycles. The first-order chi connectivity index (χ1) is 16.1. The van der Waals surface area contributed by atoms with Crippen molar-refractivity contribution in [1.29, 1.82) is 0 Å². The summed E-state index contributed by atoms with van der Waals surface area (Å²) in [4.78, 5) is 19.4. The number of nitrogens with one attached hydrogen (secondary N) is 3. The van der Waals surface area contributed by atoms with Crippen LogP contribution in [0.15, 0.2) is 29.1 Å². The standard InChI is InChI=1S/C24H33N7O2/c1-3-33-19-9-10-21-17(15-19)16-20(24(32)25-21)22(30-13-11-29(2)12-14-30)23-26-27-28-31(23)18-7-5-4-6-8-18/h9-10,15-16,18,22H,3-8,11-14H2,1-2H3,(H,25,32)/p+2/t22-/m0/s1. The number of benzene rings is 1.